The maximum absolute atomic E-state index is 11.1. The topological polar surface area (TPSA) is 50.4 Å². The van der Waals surface area contributed by atoms with Crippen molar-refractivity contribution in [2.75, 3.05) is 13.7 Å². The number of ether oxygens (including phenoxy) is 1. The van der Waals surface area contributed by atoms with Gasteiger partial charge >= 0.3 is 0 Å². The Bertz CT molecular complexity index is 378. The van der Waals surface area contributed by atoms with E-state index in [1.54, 1.807) is 7.05 Å². The molecule has 0 unspecified atom stereocenters. The minimum atomic E-state index is -0.0166. The molecule has 4 heteroatoms. The van der Waals surface area contributed by atoms with Crippen molar-refractivity contribution in [3.63, 3.8) is 0 Å². The maximum atomic E-state index is 11.1. The Morgan fingerprint density at radius 3 is 2.82 bits per heavy atom. The van der Waals surface area contributed by atoms with Crippen LogP contribution in [-0.2, 0) is 4.79 Å². The molecule has 1 rings (SSSR count). The summed E-state index contributed by atoms with van der Waals surface area (Å²) in [5.41, 5.74) is 7.50. The van der Waals surface area contributed by atoms with Gasteiger partial charge in [-0.2, -0.15) is 0 Å². The van der Waals surface area contributed by atoms with Gasteiger partial charge in [0.05, 0.1) is 6.61 Å². The van der Waals surface area contributed by atoms with Crippen molar-refractivity contribution in [2.45, 2.75) is 26.7 Å². The molecule has 0 saturated carbocycles. The van der Waals surface area contributed by atoms with Crippen molar-refractivity contribution in [3.05, 3.63) is 29.3 Å². The van der Waals surface area contributed by atoms with Crippen LogP contribution in [0.2, 0.25) is 0 Å². The number of hydrogen-bond acceptors (Lipinski definition) is 3. The average molecular weight is 236 g/mol. The molecule has 0 saturated heterocycles. The zero-order valence-electron chi connectivity index (χ0n) is 10.7. The van der Waals surface area contributed by atoms with Crippen LogP contribution in [0.5, 0.6) is 5.75 Å². The summed E-state index contributed by atoms with van der Waals surface area (Å²) in [5.74, 6) is 0.885. The molecule has 1 aromatic rings. The lowest BCUT2D eigenvalue weighted by molar-refractivity contribution is -0.122. The Morgan fingerprint density at radius 2 is 2.12 bits per heavy atom. The molecular weight excluding hydrogens is 216 g/mol. The van der Waals surface area contributed by atoms with Crippen LogP contribution >= 0.6 is 0 Å². The fourth-order valence-electron chi connectivity index (χ4n) is 1.50. The van der Waals surface area contributed by atoms with E-state index in [1.165, 1.54) is 5.56 Å². The molecule has 94 valence electrons. The highest BCUT2D eigenvalue weighted by molar-refractivity contribution is 5.75. The number of amides is 1. The molecule has 0 fully saturated rings. The van der Waals surface area contributed by atoms with Crippen LogP contribution in [0.4, 0.5) is 0 Å². The molecule has 0 aromatic heterocycles. The van der Waals surface area contributed by atoms with Crippen LogP contribution < -0.4 is 15.6 Å². The van der Waals surface area contributed by atoms with Gasteiger partial charge in [0, 0.05) is 13.5 Å². The molecule has 0 atom stereocenters. The summed E-state index contributed by atoms with van der Waals surface area (Å²) in [6.07, 6.45) is 1.17. The highest BCUT2D eigenvalue weighted by Gasteiger charge is 2.03. The van der Waals surface area contributed by atoms with Gasteiger partial charge in [0.15, 0.2) is 0 Å². The second-order valence-electron chi connectivity index (χ2n) is 3.95. The van der Waals surface area contributed by atoms with E-state index in [4.69, 9.17) is 4.74 Å². The monoisotopic (exact) mass is 236 g/mol. The van der Waals surface area contributed by atoms with Crippen LogP contribution in [0.3, 0.4) is 0 Å². The van der Waals surface area contributed by atoms with Crippen LogP contribution in [0.1, 0.15) is 24.0 Å². The zero-order valence-corrected chi connectivity index (χ0v) is 10.7. The molecule has 0 aliphatic rings. The van der Waals surface area contributed by atoms with Gasteiger partial charge < -0.3 is 4.74 Å². The summed E-state index contributed by atoms with van der Waals surface area (Å²) in [7, 11) is 1.67. The van der Waals surface area contributed by atoms with E-state index < -0.39 is 0 Å². The lowest BCUT2D eigenvalue weighted by Gasteiger charge is -2.10. The number of nitrogens with one attached hydrogen (secondary N) is 2. The predicted molar refractivity (Wildman–Crippen MR) is 67.8 cm³/mol. The first-order chi connectivity index (χ1) is 8.15. The van der Waals surface area contributed by atoms with Crippen LogP contribution in [0.25, 0.3) is 0 Å². The Morgan fingerprint density at radius 1 is 1.35 bits per heavy atom. The highest BCUT2D eigenvalue weighted by atomic mass is 16.5. The van der Waals surface area contributed by atoms with Crippen LogP contribution in [-0.4, -0.2) is 19.6 Å². The van der Waals surface area contributed by atoms with Gasteiger partial charge in [-0.15, -0.1) is 0 Å². The third kappa shape index (κ3) is 4.44. The molecule has 0 spiro atoms. The van der Waals surface area contributed by atoms with E-state index in [-0.39, 0.29) is 5.91 Å². The molecule has 0 heterocycles. The number of benzene rings is 1. The summed E-state index contributed by atoms with van der Waals surface area (Å²) in [6.45, 7) is 4.66. The minimum Gasteiger partial charge on any atom is -0.493 e. The van der Waals surface area contributed by atoms with E-state index in [0.29, 0.717) is 19.4 Å². The van der Waals surface area contributed by atoms with Gasteiger partial charge in [-0.05, 0) is 37.5 Å². The number of carbonyl (C=O) groups is 1. The van der Waals surface area contributed by atoms with Crippen LogP contribution in [0.15, 0.2) is 18.2 Å². The lowest BCUT2D eigenvalue weighted by Crippen LogP contribution is -2.34. The number of carbonyl (C=O) groups excluding carboxylic acids is 1. The van der Waals surface area contributed by atoms with Crippen molar-refractivity contribution in [1.29, 1.82) is 0 Å². The molecule has 0 aliphatic carbocycles. The van der Waals surface area contributed by atoms with E-state index >= 15 is 0 Å². The number of aryl methyl sites for hydroxylation is 1. The van der Waals surface area contributed by atoms with Crippen molar-refractivity contribution >= 4 is 5.91 Å². The maximum Gasteiger partial charge on any atom is 0.234 e. The van der Waals surface area contributed by atoms with Crippen molar-refractivity contribution < 1.29 is 9.53 Å². The first-order valence-corrected chi connectivity index (χ1v) is 5.79. The molecule has 4 nitrogen and oxygen atoms in total. The lowest BCUT2D eigenvalue weighted by atomic mass is 10.1. The van der Waals surface area contributed by atoms with Gasteiger partial charge in [-0.3, -0.25) is 10.2 Å². The van der Waals surface area contributed by atoms with Crippen molar-refractivity contribution in [2.24, 2.45) is 0 Å². The summed E-state index contributed by atoms with van der Waals surface area (Å²) < 4.78 is 5.65. The molecule has 2 N–H and O–H groups in total. The molecule has 1 aromatic carbocycles. The van der Waals surface area contributed by atoms with Gasteiger partial charge in [0.2, 0.25) is 5.91 Å². The molecule has 0 radical (unpaired) electrons. The van der Waals surface area contributed by atoms with Crippen LogP contribution in [0, 0.1) is 13.8 Å². The molecule has 17 heavy (non-hydrogen) atoms. The molecular formula is C13H20N2O2. The zero-order chi connectivity index (χ0) is 12.7. The minimum absolute atomic E-state index is 0.0166. The largest absolute Gasteiger partial charge is 0.493 e. The summed E-state index contributed by atoms with van der Waals surface area (Å²) in [5, 5.41) is 0. The number of rotatable bonds is 6. The standard InChI is InChI=1S/C13H20N2O2/c1-10-6-4-7-12(11(10)2)17-9-5-8-13(16)15-14-3/h4,6-7,14H,5,8-9H2,1-3H3,(H,15,16). The Balaban J connectivity index is 2.31. The van der Waals surface area contributed by atoms with E-state index in [1.807, 2.05) is 19.1 Å². The normalized spacial score (nSPS) is 10.1. The predicted octanol–water partition coefficient (Wildman–Crippen LogP) is 1.71. The van der Waals surface area contributed by atoms with Crippen molar-refractivity contribution in [3.8, 4) is 5.75 Å². The Hall–Kier alpha value is -1.55. The molecule has 0 bridgehead atoms. The fourth-order valence-corrected chi connectivity index (χ4v) is 1.50. The highest BCUT2D eigenvalue weighted by Crippen LogP contribution is 2.20. The second kappa shape index (κ2) is 6.91. The first-order valence-electron chi connectivity index (χ1n) is 5.79. The van der Waals surface area contributed by atoms with Gasteiger partial charge in [0.25, 0.3) is 0 Å². The van der Waals surface area contributed by atoms with E-state index in [2.05, 4.69) is 23.8 Å². The second-order valence-corrected chi connectivity index (χ2v) is 3.95. The number of hydrogen-bond donors (Lipinski definition) is 2. The SMILES string of the molecule is CNNC(=O)CCCOc1cccc(C)c1C. The number of hydrazine groups is 1. The smallest absolute Gasteiger partial charge is 0.234 e. The quantitative estimate of drug-likeness (QED) is 0.584. The summed E-state index contributed by atoms with van der Waals surface area (Å²) in [4.78, 5) is 11.1. The van der Waals surface area contributed by atoms with Gasteiger partial charge in [-0.25, -0.2) is 5.43 Å². The third-order valence-electron chi connectivity index (χ3n) is 2.63. The van der Waals surface area contributed by atoms with Crippen molar-refractivity contribution in [1.82, 2.24) is 10.9 Å². The third-order valence-corrected chi connectivity index (χ3v) is 2.63. The fraction of sp³-hybridized carbons (Fsp3) is 0.462. The average Bonchev–Trinajstić information content (AvgIpc) is 2.30. The first kappa shape index (κ1) is 13.5. The summed E-state index contributed by atoms with van der Waals surface area (Å²) >= 11 is 0. The molecule has 0 aliphatic heterocycles. The van der Waals surface area contributed by atoms with E-state index in [9.17, 15) is 4.79 Å². The Kier molecular flexibility index (Phi) is 5.49. The Labute approximate surface area is 102 Å². The van der Waals surface area contributed by atoms with Gasteiger partial charge in [0.1, 0.15) is 5.75 Å². The van der Waals surface area contributed by atoms with E-state index in [0.717, 1.165) is 11.3 Å². The van der Waals surface area contributed by atoms with Gasteiger partial charge in [-0.1, -0.05) is 12.1 Å². The molecule has 1 amide bonds. The summed E-state index contributed by atoms with van der Waals surface area (Å²) in [6, 6.07) is 5.99.